The van der Waals surface area contributed by atoms with Crippen molar-refractivity contribution in [3.05, 3.63) is 0 Å². The van der Waals surface area contributed by atoms with E-state index in [1.165, 1.54) is 9.80 Å². The Bertz CT molecular complexity index is 660. The van der Waals surface area contributed by atoms with Crippen LogP contribution in [0.2, 0.25) is 0 Å². The van der Waals surface area contributed by atoms with Crippen LogP contribution in [0.15, 0.2) is 0 Å². The Balaban J connectivity index is 1.73. The van der Waals surface area contributed by atoms with E-state index in [2.05, 4.69) is 12.6 Å². The van der Waals surface area contributed by atoms with Crippen LogP contribution in [0, 0.1) is 0 Å². The Morgan fingerprint density at radius 3 is 1.79 bits per heavy atom. The summed E-state index contributed by atoms with van der Waals surface area (Å²) >= 11 is 4.07. The maximum Gasteiger partial charge on any atom is 0.326 e. The maximum atomic E-state index is 13.2. The largest absolute Gasteiger partial charge is 0.480 e. The molecule has 3 fully saturated rings. The first-order valence-corrected chi connectivity index (χ1v) is 10.5. The molecule has 3 rings (SSSR count). The smallest absolute Gasteiger partial charge is 0.326 e. The zero-order valence-corrected chi connectivity index (χ0v) is 16.7. The SMILES string of the molecule is NC(CS)C(=O)N1CCCC1C(=O)N1CCCC1C(=O)N1CCCC1C(=O)O. The van der Waals surface area contributed by atoms with Crippen molar-refractivity contribution < 1.29 is 24.3 Å². The predicted molar refractivity (Wildman–Crippen MR) is 104 cm³/mol. The van der Waals surface area contributed by atoms with Crippen molar-refractivity contribution >= 4 is 36.3 Å². The number of amides is 3. The van der Waals surface area contributed by atoms with Gasteiger partial charge in [-0.3, -0.25) is 14.4 Å². The van der Waals surface area contributed by atoms with E-state index in [1.54, 1.807) is 4.90 Å². The fraction of sp³-hybridized carbons (Fsp3) is 0.778. The number of nitrogens with two attached hydrogens (primary N) is 1. The molecule has 3 N–H and O–H groups in total. The second kappa shape index (κ2) is 8.69. The summed E-state index contributed by atoms with van der Waals surface area (Å²) in [5, 5.41) is 9.36. The average Bonchev–Trinajstić information content (AvgIpc) is 3.44. The Labute approximate surface area is 169 Å². The van der Waals surface area contributed by atoms with Crippen molar-refractivity contribution in [1.82, 2.24) is 14.7 Å². The number of hydrogen-bond acceptors (Lipinski definition) is 6. The molecule has 9 nitrogen and oxygen atoms in total. The molecule has 3 aliphatic rings. The van der Waals surface area contributed by atoms with Gasteiger partial charge < -0.3 is 25.5 Å². The van der Waals surface area contributed by atoms with Crippen molar-refractivity contribution in [2.45, 2.75) is 62.7 Å². The van der Waals surface area contributed by atoms with Crippen molar-refractivity contribution in [3.8, 4) is 0 Å². The van der Waals surface area contributed by atoms with E-state index in [4.69, 9.17) is 5.73 Å². The highest BCUT2D eigenvalue weighted by atomic mass is 32.1. The van der Waals surface area contributed by atoms with Gasteiger partial charge in [0.25, 0.3) is 0 Å². The Kier molecular flexibility index (Phi) is 6.49. The van der Waals surface area contributed by atoms with Crippen LogP contribution < -0.4 is 5.73 Å². The lowest BCUT2D eigenvalue weighted by atomic mass is 10.1. The van der Waals surface area contributed by atoms with E-state index < -0.39 is 30.1 Å². The first kappa shape index (κ1) is 20.9. The standard InChI is InChI=1S/C18H28N4O5S/c19-11(10-28)15(23)20-7-1-4-12(20)16(24)21-8-2-5-13(21)17(25)22-9-3-6-14(22)18(26)27/h11-14,28H,1-10,19H2,(H,26,27). The molecule has 0 aromatic carbocycles. The molecule has 0 bridgehead atoms. The summed E-state index contributed by atoms with van der Waals surface area (Å²) in [6.45, 7) is 1.31. The van der Waals surface area contributed by atoms with Crippen molar-refractivity contribution in [1.29, 1.82) is 0 Å². The van der Waals surface area contributed by atoms with Crippen molar-refractivity contribution in [3.63, 3.8) is 0 Å². The molecule has 3 saturated heterocycles. The van der Waals surface area contributed by atoms with Gasteiger partial charge in [-0.25, -0.2) is 4.79 Å². The highest BCUT2D eigenvalue weighted by Gasteiger charge is 2.45. The molecule has 0 spiro atoms. The first-order valence-electron chi connectivity index (χ1n) is 9.87. The van der Waals surface area contributed by atoms with Gasteiger partial charge in [0.2, 0.25) is 17.7 Å². The summed E-state index contributed by atoms with van der Waals surface area (Å²) in [7, 11) is 0. The highest BCUT2D eigenvalue weighted by molar-refractivity contribution is 7.80. The molecule has 28 heavy (non-hydrogen) atoms. The molecular formula is C18H28N4O5S. The summed E-state index contributed by atoms with van der Waals surface area (Å²) in [4.78, 5) is 54.6. The summed E-state index contributed by atoms with van der Waals surface area (Å²) < 4.78 is 0. The van der Waals surface area contributed by atoms with E-state index in [9.17, 15) is 24.3 Å². The third-order valence-corrected chi connectivity index (χ3v) is 6.37. The van der Waals surface area contributed by atoms with Gasteiger partial charge in [0.1, 0.15) is 18.1 Å². The molecule has 3 amide bonds. The number of carbonyl (C=O) groups is 4. The second-order valence-electron chi connectivity index (χ2n) is 7.70. The molecule has 156 valence electrons. The van der Waals surface area contributed by atoms with Gasteiger partial charge in [-0.1, -0.05) is 0 Å². The molecular weight excluding hydrogens is 384 g/mol. The predicted octanol–water partition coefficient (Wildman–Crippen LogP) is -0.699. The van der Waals surface area contributed by atoms with Crippen molar-refractivity contribution in [2.75, 3.05) is 25.4 Å². The molecule has 0 aliphatic carbocycles. The third-order valence-electron chi connectivity index (χ3n) is 5.98. The van der Waals surface area contributed by atoms with Crippen LogP contribution in [0.3, 0.4) is 0 Å². The van der Waals surface area contributed by atoms with Crippen LogP contribution in [0.4, 0.5) is 0 Å². The number of rotatable bonds is 5. The molecule has 0 aromatic rings. The maximum absolute atomic E-state index is 13.2. The molecule has 3 aliphatic heterocycles. The van der Waals surface area contributed by atoms with Gasteiger partial charge in [-0.15, -0.1) is 0 Å². The quantitative estimate of drug-likeness (QED) is 0.513. The van der Waals surface area contributed by atoms with Crippen LogP contribution in [0.25, 0.3) is 0 Å². The second-order valence-corrected chi connectivity index (χ2v) is 8.06. The minimum Gasteiger partial charge on any atom is -0.480 e. The molecule has 4 atom stereocenters. The van der Waals surface area contributed by atoms with E-state index in [0.29, 0.717) is 58.2 Å². The van der Waals surface area contributed by atoms with Gasteiger partial charge in [0.15, 0.2) is 0 Å². The van der Waals surface area contributed by atoms with Gasteiger partial charge in [-0.2, -0.15) is 12.6 Å². The lowest BCUT2D eigenvalue weighted by Gasteiger charge is -2.34. The van der Waals surface area contributed by atoms with Gasteiger partial charge in [-0.05, 0) is 38.5 Å². The Morgan fingerprint density at radius 1 is 0.857 bits per heavy atom. The van der Waals surface area contributed by atoms with Crippen LogP contribution >= 0.6 is 12.6 Å². The van der Waals surface area contributed by atoms with Crippen LogP contribution in [-0.4, -0.2) is 93.1 Å². The topological polar surface area (TPSA) is 124 Å². The molecule has 0 radical (unpaired) electrons. The van der Waals surface area contributed by atoms with E-state index in [-0.39, 0.29) is 23.5 Å². The van der Waals surface area contributed by atoms with Crippen LogP contribution in [0.1, 0.15) is 38.5 Å². The minimum absolute atomic E-state index is 0.201. The summed E-state index contributed by atoms with van der Waals surface area (Å²) in [5.41, 5.74) is 5.81. The number of hydrogen-bond donors (Lipinski definition) is 3. The Morgan fingerprint density at radius 2 is 1.29 bits per heavy atom. The highest BCUT2D eigenvalue weighted by Crippen LogP contribution is 2.28. The number of carbonyl (C=O) groups excluding carboxylic acids is 3. The molecule has 4 unspecified atom stereocenters. The number of carboxylic acid groups (broad SMARTS) is 1. The molecule has 0 saturated carbocycles. The molecule has 0 aromatic heterocycles. The normalized spacial score (nSPS) is 28.6. The monoisotopic (exact) mass is 412 g/mol. The average molecular weight is 413 g/mol. The van der Waals surface area contributed by atoms with Crippen LogP contribution in [-0.2, 0) is 19.2 Å². The number of aliphatic carboxylic acids is 1. The zero-order valence-electron chi connectivity index (χ0n) is 15.8. The molecule has 3 heterocycles. The van der Waals surface area contributed by atoms with Crippen LogP contribution in [0.5, 0.6) is 0 Å². The summed E-state index contributed by atoms with van der Waals surface area (Å²) in [6.07, 6.45) is 3.54. The van der Waals surface area contributed by atoms with E-state index >= 15 is 0 Å². The number of thiol groups is 1. The van der Waals surface area contributed by atoms with E-state index in [0.717, 1.165) is 0 Å². The fourth-order valence-corrected chi connectivity index (χ4v) is 4.69. The van der Waals surface area contributed by atoms with Crippen molar-refractivity contribution in [2.24, 2.45) is 5.73 Å². The lowest BCUT2D eigenvalue weighted by molar-refractivity contribution is -0.153. The van der Waals surface area contributed by atoms with Gasteiger partial charge in [0, 0.05) is 25.4 Å². The summed E-state index contributed by atoms with van der Waals surface area (Å²) in [6, 6.07) is -2.83. The fourth-order valence-electron chi connectivity index (χ4n) is 4.54. The number of carboxylic acids is 1. The number of likely N-dealkylation sites (tertiary alicyclic amines) is 3. The Hall–Kier alpha value is -1.81. The summed E-state index contributed by atoms with van der Waals surface area (Å²) in [5.74, 6) is -1.63. The third kappa shape index (κ3) is 3.84. The first-order chi connectivity index (χ1) is 13.4. The van der Waals surface area contributed by atoms with Gasteiger partial charge in [0.05, 0.1) is 6.04 Å². The lowest BCUT2D eigenvalue weighted by Crippen LogP contribution is -2.56. The van der Waals surface area contributed by atoms with E-state index in [1.807, 2.05) is 0 Å². The zero-order chi connectivity index (χ0) is 20.4. The number of nitrogens with zero attached hydrogens (tertiary/aromatic N) is 3. The molecule has 10 heteroatoms. The minimum atomic E-state index is -1.00. The van der Waals surface area contributed by atoms with Gasteiger partial charge >= 0.3 is 5.97 Å².